The van der Waals surface area contributed by atoms with Crippen molar-refractivity contribution in [3.63, 3.8) is 0 Å². The number of hydrogen-bond acceptors (Lipinski definition) is 9. The minimum absolute atomic E-state index is 0.215. The number of pyridine rings is 1. The van der Waals surface area contributed by atoms with Crippen LogP contribution >= 0.6 is 0 Å². The van der Waals surface area contributed by atoms with Crippen molar-refractivity contribution in [2.45, 2.75) is 0 Å². The number of nitrogens with one attached hydrogen (secondary N) is 1. The Morgan fingerprint density at radius 2 is 1.50 bits per heavy atom. The Morgan fingerprint density at radius 3 is 2.16 bits per heavy atom. The molecular weight excluding hydrogens is 406 g/mol. The molecule has 5 rings (SSSR count). The number of nitrogen functional groups attached to an aromatic ring is 1. The molecule has 0 atom stereocenters. The van der Waals surface area contributed by atoms with E-state index in [9.17, 15) is 0 Å². The van der Waals surface area contributed by atoms with E-state index >= 15 is 0 Å². The van der Waals surface area contributed by atoms with Crippen LogP contribution in [-0.2, 0) is 9.47 Å². The van der Waals surface area contributed by atoms with Crippen LogP contribution in [0.5, 0.6) is 0 Å². The molecule has 3 aromatic rings. The van der Waals surface area contributed by atoms with Gasteiger partial charge >= 0.3 is 0 Å². The van der Waals surface area contributed by atoms with Crippen molar-refractivity contribution >= 4 is 29.0 Å². The monoisotopic (exact) mass is 433 g/mol. The maximum Gasteiger partial charge on any atom is 0.222 e. The van der Waals surface area contributed by atoms with Gasteiger partial charge in [-0.3, -0.25) is 0 Å². The summed E-state index contributed by atoms with van der Waals surface area (Å²) in [6.07, 6.45) is 1.83. The molecule has 0 bridgehead atoms. The van der Waals surface area contributed by atoms with Gasteiger partial charge in [-0.05, 0) is 36.4 Å². The SMILES string of the molecule is Nc1nc(Nc2ccc(N3CCOCC3)cc2)cc(-c2ccc(N3CCOCC3)nc2)n1. The van der Waals surface area contributed by atoms with E-state index in [-0.39, 0.29) is 5.95 Å². The van der Waals surface area contributed by atoms with E-state index in [1.807, 2.05) is 36.5 Å². The molecule has 0 aliphatic carbocycles. The van der Waals surface area contributed by atoms with E-state index < -0.39 is 0 Å². The summed E-state index contributed by atoms with van der Waals surface area (Å²) in [7, 11) is 0. The highest BCUT2D eigenvalue weighted by Gasteiger charge is 2.14. The van der Waals surface area contributed by atoms with Crippen LogP contribution < -0.4 is 20.9 Å². The first-order valence-corrected chi connectivity index (χ1v) is 10.9. The lowest BCUT2D eigenvalue weighted by Crippen LogP contribution is -2.36. The average molecular weight is 434 g/mol. The molecule has 1 aromatic carbocycles. The number of aromatic nitrogens is 3. The summed E-state index contributed by atoms with van der Waals surface area (Å²) >= 11 is 0. The second kappa shape index (κ2) is 9.37. The molecule has 2 aliphatic heterocycles. The van der Waals surface area contributed by atoms with Crippen molar-refractivity contribution in [1.82, 2.24) is 15.0 Å². The smallest absolute Gasteiger partial charge is 0.222 e. The van der Waals surface area contributed by atoms with Gasteiger partial charge in [0, 0.05) is 55.4 Å². The van der Waals surface area contributed by atoms with Crippen LogP contribution in [0.2, 0.25) is 0 Å². The topological polar surface area (TPSA) is 102 Å². The number of nitrogens with two attached hydrogens (primary N) is 1. The molecule has 2 aliphatic rings. The first kappa shape index (κ1) is 20.5. The summed E-state index contributed by atoms with van der Waals surface area (Å²) in [5.41, 5.74) is 9.74. The molecular formula is C23H27N7O2. The third-order valence-corrected chi connectivity index (χ3v) is 5.64. The molecule has 32 heavy (non-hydrogen) atoms. The highest BCUT2D eigenvalue weighted by Crippen LogP contribution is 2.25. The molecule has 4 heterocycles. The number of ether oxygens (including phenoxy) is 2. The normalized spacial score (nSPS) is 16.8. The Kier molecular flexibility index (Phi) is 6.00. The maximum absolute atomic E-state index is 6.00. The quantitative estimate of drug-likeness (QED) is 0.628. The Bertz CT molecular complexity index is 1030. The molecule has 0 saturated carbocycles. The van der Waals surface area contributed by atoms with Crippen molar-refractivity contribution in [1.29, 1.82) is 0 Å². The summed E-state index contributed by atoms with van der Waals surface area (Å²) in [4.78, 5) is 17.9. The maximum atomic E-state index is 6.00. The molecule has 0 unspecified atom stereocenters. The van der Waals surface area contributed by atoms with Gasteiger partial charge in [0.05, 0.1) is 32.1 Å². The lowest BCUT2D eigenvalue weighted by molar-refractivity contribution is 0.122. The van der Waals surface area contributed by atoms with Gasteiger partial charge < -0.3 is 30.3 Å². The van der Waals surface area contributed by atoms with E-state index in [0.29, 0.717) is 5.82 Å². The number of rotatable bonds is 5. The Balaban J connectivity index is 1.30. The lowest BCUT2D eigenvalue weighted by atomic mass is 10.2. The van der Waals surface area contributed by atoms with Gasteiger partial charge in [0.15, 0.2) is 0 Å². The molecule has 2 fully saturated rings. The number of benzene rings is 1. The van der Waals surface area contributed by atoms with Crippen LogP contribution in [0.4, 0.5) is 29.0 Å². The molecule has 9 nitrogen and oxygen atoms in total. The minimum Gasteiger partial charge on any atom is -0.378 e. The second-order valence-corrected chi connectivity index (χ2v) is 7.77. The standard InChI is InChI=1S/C23H27N7O2/c24-23-27-20(17-1-6-22(25-16-17)30-9-13-32-14-10-30)15-21(28-23)26-18-2-4-19(5-3-18)29-7-11-31-12-8-29/h1-6,15-16H,7-14H2,(H3,24,26,27,28). The fourth-order valence-corrected chi connectivity index (χ4v) is 3.92. The number of anilines is 5. The van der Waals surface area contributed by atoms with Gasteiger partial charge in [-0.1, -0.05) is 0 Å². The van der Waals surface area contributed by atoms with Crippen LogP contribution in [0.25, 0.3) is 11.3 Å². The lowest BCUT2D eigenvalue weighted by Gasteiger charge is -2.28. The fraction of sp³-hybridized carbons (Fsp3) is 0.348. The van der Waals surface area contributed by atoms with Crippen molar-refractivity contribution in [3.8, 4) is 11.3 Å². The predicted octanol–water partition coefficient (Wildman–Crippen LogP) is 2.54. The van der Waals surface area contributed by atoms with Gasteiger partial charge in [-0.25, -0.2) is 9.97 Å². The Labute approximate surface area is 187 Å². The van der Waals surface area contributed by atoms with Crippen LogP contribution in [0, 0.1) is 0 Å². The Morgan fingerprint density at radius 1 is 0.812 bits per heavy atom. The highest BCUT2D eigenvalue weighted by atomic mass is 16.5. The fourth-order valence-electron chi connectivity index (χ4n) is 3.92. The van der Waals surface area contributed by atoms with Crippen LogP contribution in [0.15, 0.2) is 48.7 Å². The number of hydrogen-bond donors (Lipinski definition) is 2. The molecule has 0 radical (unpaired) electrons. The van der Waals surface area contributed by atoms with Crippen molar-refractivity contribution in [3.05, 3.63) is 48.7 Å². The van der Waals surface area contributed by atoms with Crippen molar-refractivity contribution < 1.29 is 9.47 Å². The summed E-state index contributed by atoms with van der Waals surface area (Å²) in [6, 6.07) is 14.2. The molecule has 0 amide bonds. The van der Waals surface area contributed by atoms with E-state index in [4.69, 9.17) is 15.2 Å². The second-order valence-electron chi connectivity index (χ2n) is 7.77. The Hall–Kier alpha value is -3.43. The summed E-state index contributed by atoms with van der Waals surface area (Å²) in [6.45, 7) is 6.53. The van der Waals surface area contributed by atoms with Crippen molar-refractivity contribution in [2.75, 3.05) is 73.5 Å². The van der Waals surface area contributed by atoms with Gasteiger partial charge in [0.2, 0.25) is 5.95 Å². The molecule has 2 aromatic heterocycles. The van der Waals surface area contributed by atoms with Crippen LogP contribution in [-0.4, -0.2) is 67.6 Å². The average Bonchev–Trinajstić information content (AvgIpc) is 2.85. The highest BCUT2D eigenvalue weighted by molar-refractivity contribution is 5.68. The van der Waals surface area contributed by atoms with E-state index in [0.717, 1.165) is 75.4 Å². The largest absolute Gasteiger partial charge is 0.378 e. The molecule has 3 N–H and O–H groups in total. The van der Waals surface area contributed by atoms with Gasteiger partial charge in [0.25, 0.3) is 0 Å². The summed E-state index contributed by atoms with van der Waals surface area (Å²) in [5.74, 6) is 1.80. The van der Waals surface area contributed by atoms with Crippen molar-refractivity contribution in [2.24, 2.45) is 0 Å². The number of morpholine rings is 2. The van der Waals surface area contributed by atoms with Crippen LogP contribution in [0.1, 0.15) is 0 Å². The van der Waals surface area contributed by atoms with E-state index in [2.05, 4.69) is 42.2 Å². The third-order valence-electron chi connectivity index (χ3n) is 5.64. The first-order chi connectivity index (χ1) is 15.7. The predicted molar refractivity (Wildman–Crippen MR) is 125 cm³/mol. The minimum atomic E-state index is 0.215. The van der Waals surface area contributed by atoms with Gasteiger partial charge in [-0.2, -0.15) is 4.98 Å². The van der Waals surface area contributed by atoms with Gasteiger partial charge in [0.1, 0.15) is 11.6 Å². The molecule has 2 saturated heterocycles. The van der Waals surface area contributed by atoms with Gasteiger partial charge in [-0.15, -0.1) is 0 Å². The first-order valence-electron chi connectivity index (χ1n) is 10.9. The zero-order valence-electron chi connectivity index (χ0n) is 17.9. The van der Waals surface area contributed by atoms with E-state index in [1.165, 1.54) is 5.69 Å². The molecule has 166 valence electrons. The van der Waals surface area contributed by atoms with Crippen LogP contribution in [0.3, 0.4) is 0 Å². The zero-order valence-corrected chi connectivity index (χ0v) is 17.9. The number of nitrogens with zero attached hydrogens (tertiary/aromatic N) is 5. The zero-order chi connectivity index (χ0) is 21.8. The van der Waals surface area contributed by atoms with E-state index in [1.54, 1.807) is 0 Å². The molecule has 9 heteroatoms. The summed E-state index contributed by atoms with van der Waals surface area (Å²) in [5, 5.41) is 3.33. The summed E-state index contributed by atoms with van der Waals surface area (Å²) < 4.78 is 10.8. The molecule has 0 spiro atoms. The third kappa shape index (κ3) is 4.74.